The Bertz CT molecular complexity index is 654. The van der Waals surface area contributed by atoms with Crippen molar-refractivity contribution in [2.45, 2.75) is 45.6 Å². The zero-order valence-electron chi connectivity index (χ0n) is 12.2. The van der Waals surface area contributed by atoms with Gasteiger partial charge in [-0.25, -0.2) is 9.37 Å². The first-order valence-corrected chi connectivity index (χ1v) is 7.13. The molecule has 0 unspecified atom stereocenters. The van der Waals surface area contributed by atoms with Gasteiger partial charge in [-0.05, 0) is 31.9 Å². The summed E-state index contributed by atoms with van der Waals surface area (Å²) in [6.07, 6.45) is 2.27. The average Bonchev–Trinajstić information content (AvgIpc) is 3.16. The molecule has 1 aliphatic carbocycles. The Morgan fingerprint density at radius 2 is 2.05 bits per heavy atom. The van der Waals surface area contributed by atoms with Crippen LogP contribution in [0.4, 0.5) is 10.2 Å². The van der Waals surface area contributed by atoms with Crippen LogP contribution in [0.5, 0.6) is 0 Å². The van der Waals surface area contributed by atoms with Crippen LogP contribution in [-0.4, -0.2) is 9.55 Å². The van der Waals surface area contributed by atoms with Crippen LogP contribution in [0.1, 0.15) is 50.0 Å². The first-order valence-electron chi connectivity index (χ1n) is 7.13. The fourth-order valence-electron chi connectivity index (χ4n) is 2.61. The second-order valence-corrected chi connectivity index (χ2v) is 5.94. The van der Waals surface area contributed by atoms with Crippen LogP contribution in [0.25, 0.3) is 11.3 Å². The molecule has 1 aromatic carbocycles. The maximum absolute atomic E-state index is 14.1. The van der Waals surface area contributed by atoms with Crippen molar-refractivity contribution < 1.29 is 4.39 Å². The lowest BCUT2D eigenvalue weighted by Crippen LogP contribution is -2.06. The van der Waals surface area contributed by atoms with Crippen LogP contribution in [0.3, 0.4) is 0 Å². The van der Waals surface area contributed by atoms with Gasteiger partial charge in [0.15, 0.2) is 0 Å². The van der Waals surface area contributed by atoms with Gasteiger partial charge in [-0.1, -0.05) is 25.5 Å². The van der Waals surface area contributed by atoms with Crippen molar-refractivity contribution in [1.29, 1.82) is 0 Å². The lowest BCUT2D eigenvalue weighted by molar-refractivity contribution is 0.630. The number of aryl methyl sites for hydroxylation is 1. The van der Waals surface area contributed by atoms with Gasteiger partial charge in [0.05, 0.1) is 0 Å². The highest BCUT2D eigenvalue weighted by molar-refractivity contribution is 5.72. The van der Waals surface area contributed by atoms with Gasteiger partial charge >= 0.3 is 0 Å². The molecule has 1 aliphatic rings. The quantitative estimate of drug-likeness (QED) is 0.917. The summed E-state index contributed by atoms with van der Waals surface area (Å²) in [4.78, 5) is 4.64. The van der Waals surface area contributed by atoms with Crippen molar-refractivity contribution in [2.75, 3.05) is 5.73 Å². The number of imidazole rings is 1. The van der Waals surface area contributed by atoms with Crippen LogP contribution < -0.4 is 5.73 Å². The number of rotatable bonds is 3. The summed E-state index contributed by atoms with van der Waals surface area (Å²) in [7, 11) is 0. The first kappa shape index (κ1) is 13.2. The van der Waals surface area contributed by atoms with Crippen molar-refractivity contribution in [3.8, 4) is 11.3 Å². The smallest absolute Gasteiger partial charge is 0.132 e. The maximum atomic E-state index is 14.1. The fraction of sp³-hybridized carbons (Fsp3) is 0.438. The first-order chi connectivity index (χ1) is 9.49. The minimum atomic E-state index is -0.266. The van der Waals surface area contributed by atoms with Gasteiger partial charge in [0.25, 0.3) is 0 Å². The molecule has 0 atom stereocenters. The Hall–Kier alpha value is -1.84. The van der Waals surface area contributed by atoms with E-state index in [0.717, 1.165) is 24.2 Å². The van der Waals surface area contributed by atoms with Gasteiger partial charge in [0.1, 0.15) is 23.2 Å². The van der Waals surface area contributed by atoms with E-state index in [2.05, 4.69) is 23.4 Å². The average molecular weight is 273 g/mol. The van der Waals surface area contributed by atoms with Gasteiger partial charge in [0, 0.05) is 17.5 Å². The maximum Gasteiger partial charge on any atom is 0.132 e. The molecule has 3 nitrogen and oxygen atoms in total. The molecule has 0 aliphatic heterocycles. The third kappa shape index (κ3) is 2.09. The van der Waals surface area contributed by atoms with Gasteiger partial charge in [-0.3, -0.25) is 0 Å². The second-order valence-electron chi connectivity index (χ2n) is 5.94. The molecule has 20 heavy (non-hydrogen) atoms. The summed E-state index contributed by atoms with van der Waals surface area (Å²) >= 11 is 0. The summed E-state index contributed by atoms with van der Waals surface area (Å²) in [6.45, 7) is 6.13. The minimum Gasteiger partial charge on any atom is -0.383 e. The zero-order chi connectivity index (χ0) is 14.4. The van der Waals surface area contributed by atoms with Crippen LogP contribution in [0.2, 0.25) is 0 Å². The van der Waals surface area contributed by atoms with Crippen LogP contribution in [0, 0.1) is 12.7 Å². The van der Waals surface area contributed by atoms with Gasteiger partial charge in [0.2, 0.25) is 0 Å². The van der Waals surface area contributed by atoms with Crippen LogP contribution >= 0.6 is 0 Å². The normalized spacial score (nSPS) is 15.1. The lowest BCUT2D eigenvalue weighted by Gasteiger charge is -2.10. The third-order valence-electron chi connectivity index (χ3n) is 3.78. The third-order valence-corrected chi connectivity index (χ3v) is 3.78. The van der Waals surface area contributed by atoms with E-state index in [4.69, 9.17) is 5.73 Å². The Balaban J connectivity index is 2.19. The highest BCUT2D eigenvalue weighted by Crippen LogP contribution is 2.42. The van der Waals surface area contributed by atoms with Gasteiger partial charge in [-0.15, -0.1) is 0 Å². The van der Waals surface area contributed by atoms with Crippen molar-refractivity contribution in [3.05, 3.63) is 35.4 Å². The van der Waals surface area contributed by atoms with E-state index >= 15 is 0 Å². The van der Waals surface area contributed by atoms with Crippen molar-refractivity contribution in [1.82, 2.24) is 9.55 Å². The van der Waals surface area contributed by atoms with Crippen molar-refractivity contribution in [2.24, 2.45) is 0 Å². The van der Waals surface area contributed by atoms with Crippen molar-refractivity contribution >= 4 is 5.82 Å². The lowest BCUT2D eigenvalue weighted by atomic mass is 10.1. The SMILES string of the molecule is Cc1ccc(F)c(-c2nc(C(C)C)n(C3CC3)c2N)c1. The number of hydrogen-bond acceptors (Lipinski definition) is 2. The van der Waals surface area contributed by atoms with Gasteiger partial charge in [-0.2, -0.15) is 0 Å². The second kappa shape index (κ2) is 4.62. The summed E-state index contributed by atoms with van der Waals surface area (Å²) in [5.74, 6) is 1.57. The molecular formula is C16H20FN3. The van der Waals surface area contributed by atoms with E-state index in [-0.39, 0.29) is 11.7 Å². The van der Waals surface area contributed by atoms with E-state index in [1.807, 2.05) is 13.0 Å². The minimum absolute atomic E-state index is 0.266. The molecule has 3 rings (SSSR count). The molecule has 1 saturated carbocycles. The highest BCUT2D eigenvalue weighted by Gasteiger charge is 2.31. The monoisotopic (exact) mass is 273 g/mol. The number of aromatic nitrogens is 2. The molecular weight excluding hydrogens is 253 g/mol. The van der Waals surface area contributed by atoms with E-state index in [1.165, 1.54) is 6.07 Å². The Labute approximate surface area is 118 Å². The van der Waals surface area contributed by atoms with E-state index in [9.17, 15) is 4.39 Å². The zero-order valence-corrected chi connectivity index (χ0v) is 12.2. The molecule has 0 amide bonds. The molecule has 0 radical (unpaired) electrons. The highest BCUT2D eigenvalue weighted by atomic mass is 19.1. The largest absolute Gasteiger partial charge is 0.383 e. The van der Waals surface area contributed by atoms with Crippen LogP contribution in [0.15, 0.2) is 18.2 Å². The molecule has 4 heteroatoms. The standard InChI is InChI=1S/C16H20FN3/c1-9(2)16-19-14(15(18)20(16)11-5-6-11)12-8-10(3)4-7-13(12)17/h4,7-9,11H,5-6,18H2,1-3H3. The molecule has 0 saturated heterocycles. The molecule has 1 aromatic heterocycles. The molecule has 2 aromatic rings. The Morgan fingerprint density at radius 1 is 1.35 bits per heavy atom. The summed E-state index contributed by atoms with van der Waals surface area (Å²) in [5, 5.41) is 0. The predicted molar refractivity (Wildman–Crippen MR) is 79.1 cm³/mol. The molecule has 2 N–H and O–H groups in total. The number of hydrogen-bond donors (Lipinski definition) is 1. The van der Waals surface area contributed by atoms with E-state index in [0.29, 0.717) is 23.1 Å². The number of nitrogens with two attached hydrogens (primary N) is 1. The number of nitrogens with zero attached hydrogens (tertiary/aromatic N) is 2. The molecule has 1 fully saturated rings. The number of benzene rings is 1. The Kier molecular flexibility index (Phi) is 3.04. The molecule has 1 heterocycles. The predicted octanol–water partition coefficient (Wildman–Crippen LogP) is 4.04. The number of nitrogen functional groups attached to an aromatic ring is 1. The van der Waals surface area contributed by atoms with Crippen LogP contribution in [-0.2, 0) is 0 Å². The summed E-state index contributed by atoms with van der Waals surface area (Å²) in [5.41, 5.74) is 8.36. The topological polar surface area (TPSA) is 43.8 Å². The van der Waals surface area contributed by atoms with E-state index in [1.54, 1.807) is 6.07 Å². The molecule has 106 valence electrons. The number of anilines is 1. The summed E-state index contributed by atoms with van der Waals surface area (Å²) < 4.78 is 16.2. The Morgan fingerprint density at radius 3 is 2.65 bits per heavy atom. The number of halogens is 1. The fourth-order valence-corrected chi connectivity index (χ4v) is 2.61. The van der Waals surface area contributed by atoms with E-state index < -0.39 is 0 Å². The molecule has 0 bridgehead atoms. The van der Waals surface area contributed by atoms with Crippen molar-refractivity contribution in [3.63, 3.8) is 0 Å². The van der Waals surface area contributed by atoms with Gasteiger partial charge < -0.3 is 10.3 Å². The molecule has 0 spiro atoms. The summed E-state index contributed by atoms with van der Waals surface area (Å²) in [6, 6.07) is 5.50.